The molecule has 1 saturated carbocycles. The van der Waals surface area contributed by atoms with Crippen LogP contribution in [0.25, 0.3) is 0 Å². The zero-order valence-electron chi connectivity index (χ0n) is 16.2. The predicted octanol–water partition coefficient (Wildman–Crippen LogP) is 3.81. The van der Waals surface area contributed by atoms with E-state index in [2.05, 4.69) is 33.4 Å². The minimum atomic E-state index is -0.874. The van der Waals surface area contributed by atoms with Gasteiger partial charge in [-0.1, -0.05) is 58.4 Å². The molecule has 2 fully saturated rings. The first-order chi connectivity index (χ1) is 14.5. The van der Waals surface area contributed by atoms with Crippen molar-refractivity contribution >= 4 is 39.3 Å². The Morgan fingerprint density at radius 1 is 0.967 bits per heavy atom. The number of benzene rings is 2. The van der Waals surface area contributed by atoms with Crippen LogP contribution in [0.4, 0.5) is 5.69 Å². The van der Waals surface area contributed by atoms with Crippen molar-refractivity contribution in [2.24, 2.45) is 23.7 Å². The Morgan fingerprint density at radius 3 is 2.17 bits per heavy atom. The molecular weight excluding hydrogens is 444 g/mol. The number of likely N-dealkylation sites (tertiary alicyclic amines) is 1. The summed E-state index contributed by atoms with van der Waals surface area (Å²) in [5.41, 5.74) is 1.54. The number of fused-ring (bicyclic) bond motifs is 5. The van der Waals surface area contributed by atoms with Gasteiger partial charge in [0, 0.05) is 16.6 Å². The third-order valence-electron chi connectivity index (χ3n) is 6.50. The normalized spacial score (nSPS) is 27.4. The maximum atomic E-state index is 13.3. The molecule has 5 atom stereocenters. The number of carbonyl (C=O) groups is 3. The summed E-state index contributed by atoms with van der Waals surface area (Å²) in [4.78, 5) is 41.2. The lowest BCUT2D eigenvalue weighted by Crippen LogP contribution is -2.49. The summed E-state index contributed by atoms with van der Waals surface area (Å²) < 4.78 is 0.905. The summed E-state index contributed by atoms with van der Waals surface area (Å²) in [5, 5.41) is 2.89. The van der Waals surface area contributed by atoms with Crippen molar-refractivity contribution in [2.75, 3.05) is 5.32 Å². The first-order valence-electron chi connectivity index (χ1n) is 10.2. The second kappa shape index (κ2) is 7.51. The first-order valence-corrected chi connectivity index (χ1v) is 11.0. The van der Waals surface area contributed by atoms with Crippen molar-refractivity contribution in [3.05, 3.63) is 76.8 Å². The van der Waals surface area contributed by atoms with E-state index in [1.807, 2.05) is 42.5 Å². The molecule has 3 amide bonds. The van der Waals surface area contributed by atoms with Gasteiger partial charge in [-0.3, -0.25) is 19.3 Å². The maximum Gasteiger partial charge on any atom is 0.248 e. The van der Waals surface area contributed by atoms with Gasteiger partial charge in [-0.05, 0) is 48.1 Å². The largest absolute Gasteiger partial charge is 0.324 e. The fraction of sp³-hybridized carbons (Fsp3) is 0.292. The van der Waals surface area contributed by atoms with E-state index in [1.165, 1.54) is 4.90 Å². The van der Waals surface area contributed by atoms with Crippen molar-refractivity contribution in [3.8, 4) is 0 Å². The molecule has 0 aromatic heterocycles. The molecule has 2 bridgehead atoms. The van der Waals surface area contributed by atoms with Crippen LogP contribution in [-0.4, -0.2) is 28.7 Å². The molecule has 152 valence electrons. The Kier molecular flexibility index (Phi) is 4.82. The van der Waals surface area contributed by atoms with Gasteiger partial charge in [0.25, 0.3) is 0 Å². The third kappa shape index (κ3) is 3.19. The Bertz CT molecular complexity index is 1000. The Labute approximate surface area is 183 Å². The standard InChI is InChI=1S/C24H21BrN2O3/c25-17-8-10-18(11-9-17)26-22(28)19(12-14-4-2-1-3-5-14)27-23(29)20-15-6-7-16(13-15)21(20)24(27)30/h1-11,15-16,19-21H,12-13H2,(H,26,28)/t15-,16-,19+,20-,21+/m0/s1. The minimum absolute atomic E-state index is 0.119. The van der Waals surface area contributed by atoms with Crippen LogP contribution < -0.4 is 5.32 Å². The SMILES string of the molecule is O=C(Nc1ccc(Br)cc1)[C@@H](Cc1ccccc1)N1C(=O)[C@@H]2[C@H](C1=O)[C@H]1C=C[C@H]2C1. The number of anilines is 1. The van der Waals surface area contributed by atoms with Crippen molar-refractivity contribution in [3.63, 3.8) is 0 Å². The van der Waals surface area contributed by atoms with E-state index in [1.54, 1.807) is 12.1 Å². The average molecular weight is 465 g/mol. The van der Waals surface area contributed by atoms with E-state index in [0.717, 1.165) is 16.5 Å². The van der Waals surface area contributed by atoms with Crippen LogP contribution in [-0.2, 0) is 20.8 Å². The molecule has 0 radical (unpaired) electrons. The molecule has 5 nitrogen and oxygen atoms in total. The third-order valence-corrected chi connectivity index (χ3v) is 7.03. The predicted molar refractivity (Wildman–Crippen MR) is 116 cm³/mol. The molecule has 2 aliphatic carbocycles. The van der Waals surface area contributed by atoms with Gasteiger partial charge in [-0.15, -0.1) is 0 Å². The van der Waals surface area contributed by atoms with Gasteiger partial charge >= 0.3 is 0 Å². The van der Waals surface area contributed by atoms with Gasteiger partial charge in [0.15, 0.2) is 0 Å². The van der Waals surface area contributed by atoms with Crippen molar-refractivity contribution in [1.82, 2.24) is 4.90 Å². The highest BCUT2D eigenvalue weighted by Gasteiger charge is 2.61. The lowest BCUT2D eigenvalue weighted by atomic mass is 9.85. The second-order valence-corrected chi connectivity index (χ2v) is 9.16. The summed E-state index contributed by atoms with van der Waals surface area (Å²) in [6, 6.07) is 15.9. The topological polar surface area (TPSA) is 66.5 Å². The van der Waals surface area contributed by atoms with Crippen LogP contribution >= 0.6 is 15.9 Å². The molecule has 30 heavy (non-hydrogen) atoms. The summed E-state index contributed by atoms with van der Waals surface area (Å²) in [5.74, 6) is -1.13. The summed E-state index contributed by atoms with van der Waals surface area (Å²) >= 11 is 3.38. The Morgan fingerprint density at radius 2 is 1.57 bits per heavy atom. The molecule has 3 aliphatic rings. The van der Waals surface area contributed by atoms with E-state index in [4.69, 9.17) is 0 Å². The number of carbonyl (C=O) groups excluding carboxylic acids is 3. The monoisotopic (exact) mass is 464 g/mol. The number of amides is 3. The lowest BCUT2D eigenvalue weighted by molar-refractivity contribution is -0.147. The zero-order valence-corrected chi connectivity index (χ0v) is 17.8. The molecule has 1 saturated heterocycles. The molecule has 6 heteroatoms. The number of hydrogen-bond acceptors (Lipinski definition) is 3. The Hall–Kier alpha value is -2.73. The van der Waals surface area contributed by atoms with Gasteiger partial charge in [-0.2, -0.15) is 0 Å². The van der Waals surface area contributed by atoms with Crippen molar-refractivity contribution < 1.29 is 14.4 Å². The fourth-order valence-corrected chi connectivity index (χ4v) is 5.39. The van der Waals surface area contributed by atoms with Crippen LogP contribution in [0.3, 0.4) is 0 Å². The van der Waals surface area contributed by atoms with E-state index in [0.29, 0.717) is 12.1 Å². The number of hydrogen-bond donors (Lipinski definition) is 1. The van der Waals surface area contributed by atoms with E-state index in [-0.39, 0.29) is 41.4 Å². The molecule has 0 unspecified atom stereocenters. The molecule has 0 spiro atoms. The van der Waals surface area contributed by atoms with Crippen LogP contribution in [0, 0.1) is 23.7 Å². The second-order valence-electron chi connectivity index (χ2n) is 8.25. The number of nitrogens with one attached hydrogen (secondary N) is 1. The molecule has 5 rings (SSSR count). The molecule has 2 aromatic carbocycles. The number of halogens is 1. The highest BCUT2D eigenvalue weighted by atomic mass is 79.9. The molecular formula is C24H21BrN2O3. The van der Waals surface area contributed by atoms with Crippen LogP contribution in [0.5, 0.6) is 0 Å². The van der Waals surface area contributed by atoms with E-state index >= 15 is 0 Å². The molecule has 1 aliphatic heterocycles. The van der Waals surface area contributed by atoms with Crippen LogP contribution in [0.2, 0.25) is 0 Å². The smallest absolute Gasteiger partial charge is 0.248 e. The molecule has 1 N–H and O–H groups in total. The quantitative estimate of drug-likeness (QED) is 0.540. The molecule has 2 aromatic rings. The van der Waals surface area contributed by atoms with Gasteiger partial charge in [0.1, 0.15) is 6.04 Å². The highest BCUT2D eigenvalue weighted by Crippen LogP contribution is 2.53. The van der Waals surface area contributed by atoms with Gasteiger partial charge < -0.3 is 5.32 Å². The zero-order chi connectivity index (χ0) is 20.8. The fourth-order valence-electron chi connectivity index (χ4n) is 5.13. The number of allylic oxidation sites excluding steroid dienone is 2. The highest BCUT2D eigenvalue weighted by molar-refractivity contribution is 9.10. The summed E-state index contributed by atoms with van der Waals surface area (Å²) in [6.07, 6.45) is 5.29. The number of nitrogens with zero attached hydrogens (tertiary/aromatic N) is 1. The summed E-state index contributed by atoms with van der Waals surface area (Å²) in [7, 11) is 0. The maximum absolute atomic E-state index is 13.3. The Balaban J connectivity index is 1.45. The van der Waals surface area contributed by atoms with Crippen molar-refractivity contribution in [2.45, 2.75) is 18.9 Å². The lowest BCUT2D eigenvalue weighted by Gasteiger charge is -2.27. The first kappa shape index (κ1) is 19.2. The molecule has 1 heterocycles. The average Bonchev–Trinajstić information content (AvgIpc) is 3.43. The minimum Gasteiger partial charge on any atom is -0.324 e. The van der Waals surface area contributed by atoms with Crippen molar-refractivity contribution in [1.29, 1.82) is 0 Å². The van der Waals surface area contributed by atoms with E-state index < -0.39 is 6.04 Å². The van der Waals surface area contributed by atoms with E-state index in [9.17, 15) is 14.4 Å². The van der Waals surface area contributed by atoms with Gasteiger partial charge in [0.2, 0.25) is 17.7 Å². The van der Waals surface area contributed by atoms with Crippen LogP contribution in [0.15, 0.2) is 71.2 Å². The van der Waals surface area contributed by atoms with Gasteiger partial charge in [0.05, 0.1) is 11.8 Å². The number of rotatable bonds is 5. The van der Waals surface area contributed by atoms with Crippen LogP contribution in [0.1, 0.15) is 12.0 Å². The summed E-state index contributed by atoms with van der Waals surface area (Å²) in [6.45, 7) is 0. The van der Waals surface area contributed by atoms with Gasteiger partial charge in [-0.25, -0.2) is 0 Å². The number of imide groups is 1.